The van der Waals surface area contributed by atoms with Crippen LogP contribution in [0.1, 0.15) is 18.5 Å². The molecule has 8 heteroatoms. The quantitative estimate of drug-likeness (QED) is 0.737. The van der Waals surface area contributed by atoms with E-state index in [-0.39, 0.29) is 0 Å². The number of fused-ring (bicyclic) bond motifs is 1. The first-order chi connectivity index (χ1) is 9.20. The van der Waals surface area contributed by atoms with E-state index in [4.69, 9.17) is 16.7 Å². The Kier molecular flexibility index (Phi) is 2.94. The number of aromatic nitrogens is 6. The Morgan fingerprint density at radius 2 is 2.32 bits per heavy atom. The Hall–Kier alpha value is -1.96. The van der Waals surface area contributed by atoms with E-state index in [0.717, 1.165) is 23.4 Å². The molecule has 0 aliphatic rings. The van der Waals surface area contributed by atoms with E-state index in [1.165, 1.54) is 6.33 Å². The summed E-state index contributed by atoms with van der Waals surface area (Å²) in [5, 5.41) is 8.08. The molecular formula is C11H14N6OS. The number of nitrogens with one attached hydrogen (secondary N) is 1. The van der Waals surface area contributed by atoms with E-state index < -0.39 is 0 Å². The highest BCUT2D eigenvalue weighted by atomic mass is 32.1. The maximum absolute atomic E-state index is 5.37. The molecule has 0 atom stereocenters. The lowest BCUT2D eigenvalue weighted by molar-refractivity contribution is 0.371. The van der Waals surface area contributed by atoms with Crippen LogP contribution in [-0.2, 0) is 19.5 Å². The normalized spacial score (nSPS) is 11.5. The minimum Gasteiger partial charge on any atom is -0.340 e. The van der Waals surface area contributed by atoms with Crippen molar-refractivity contribution in [1.29, 1.82) is 0 Å². The Balaban J connectivity index is 2.02. The third-order valence-corrected chi connectivity index (χ3v) is 3.41. The van der Waals surface area contributed by atoms with E-state index >= 15 is 0 Å². The zero-order chi connectivity index (χ0) is 13.4. The Morgan fingerprint density at radius 3 is 3.00 bits per heavy atom. The summed E-state index contributed by atoms with van der Waals surface area (Å²) in [6.45, 7) is 5.52. The SMILES string of the molecule is CCn1nc(C)c2[nH]c(=S)n(CCc3ncno3)c21. The van der Waals surface area contributed by atoms with Crippen molar-refractivity contribution in [1.82, 2.24) is 29.5 Å². The number of nitrogens with zero attached hydrogens (tertiary/aromatic N) is 5. The van der Waals surface area contributed by atoms with Crippen molar-refractivity contribution in [3.8, 4) is 0 Å². The highest BCUT2D eigenvalue weighted by molar-refractivity contribution is 7.71. The van der Waals surface area contributed by atoms with Crippen molar-refractivity contribution in [2.24, 2.45) is 0 Å². The zero-order valence-corrected chi connectivity index (χ0v) is 11.6. The van der Waals surface area contributed by atoms with Crippen molar-refractivity contribution in [3.63, 3.8) is 0 Å². The van der Waals surface area contributed by atoms with Crippen LogP contribution in [-0.4, -0.2) is 29.5 Å². The van der Waals surface area contributed by atoms with E-state index in [9.17, 15) is 0 Å². The van der Waals surface area contributed by atoms with Crippen LogP contribution in [0, 0.1) is 11.7 Å². The Bertz CT molecular complexity index is 750. The van der Waals surface area contributed by atoms with Crippen LogP contribution in [0.5, 0.6) is 0 Å². The summed E-state index contributed by atoms with van der Waals surface area (Å²) in [7, 11) is 0. The first kappa shape index (κ1) is 12.1. The third-order valence-electron chi connectivity index (χ3n) is 3.09. The molecule has 0 aliphatic heterocycles. The van der Waals surface area contributed by atoms with E-state index in [2.05, 4.69) is 27.1 Å². The van der Waals surface area contributed by atoms with Gasteiger partial charge in [-0.3, -0.25) is 0 Å². The van der Waals surface area contributed by atoms with Crippen molar-refractivity contribution in [2.75, 3.05) is 0 Å². The lowest BCUT2D eigenvalue weighted by Gasteiger charge is -2.04. The lowest BCUT2D eigenvalue weighted by Crippen LogP contribution is -2.07. The van der Waals surface area contributed by atoms with Gasteiger partial charge in [-0.2, -0.15) is 10.1 Å². The molecule has 0 amide bonds. The van der Waals surface area contributed by atoms with Crippen LogP contribution in [0.15, 0.2) is 10.9 Å². The summed E-state index contributed by atoms with van der Waals surface area (Å²) < 4.78 is 9.67. The second kappa shape index (κ2) is 4.61. The molecule has 0 radical (unpaired) electrons. The first-order valence-corrected chi connectivity index (χ1v) is 6.53. The maximum atomic E-state index is 5.37. The lowest BCUT2D eigenvalue weighted by atomic mass is 10.4. The highest BCUT2D eigenvalue weighted by Crippen LogP contribution is 2.18. The van der Waals surface area contributed by atoms with E-state index in [1.807, 2.05) is 16.2 Å². The summed E-state index contributed by atoms with van der Waals surface area (Å²) >= 11 is 5.37. The van der Waals surface area contributed by atoms with Gasteiger partial charge in [0, 0.05) is 19.5 Å². The molecule has 0 saturated heterocycles. The van der Waals surface area contributed by atoms with Crippen LogP contribution in [0.4, 0.5) is 0 Å². The second-order valence-electron chi connectivity index (χ2n) is 4.27. The first-order valence-electron chi connectivity index (χ1n) is 6.12. The van der Waals surface area contributed by atoms with Gasteiger partial charge in [-0.25, -0.2) is 4.68 Å². The number of rotatable bonds is 4. The van der Waals surface area contributed by atoms with Gasteiger partial charge in [0.2, 0.25) is 5.89 Å². The summed E-state index contributed by atoms with van der Waals surface area (Å²) in [6.07, 6.45) is 2.05. The predicted octanol–water partition coefficient (Wildman–Crippen LogP) is 1.85. The largest absolute Gasteiger partial charge is 0.340 e. The summed E-state index contributed by atoms with van der Waals surface area (Å²) in [5.41, 5.74) is 2.97. The monoisotopic (exact) mass is 278 g/mol. The van der Waals surface area contributed by atoms with Gasteiger partial charge in [-0.1, -0.05) is 5.16 Å². The maximum Gasteiger partial charge on any atom is 0.228 e. The van der Waals surface area contributed by atoms with E-state index in [1.54, 1.807) is 0 Å². The Morgan fingerprint density at radius 1 is 1.47 bits per heavy atom. The van der Waals surface area contributed by atoms with Gasteiger partial charge < -0.3 is 14.1 Å². The Labute approximate surface area is 114 Å². The fraction of sp³-hybridized carbons (Fsp3) is 0.455. The molecule has 1 N–H and O–H groups in total. The molecule has 0 unspecified atom stereocenters. The number of aromatic amines is 1. The third kappa shape index (κ3) is 1.97. The van der Waals surface area contributed by atoms with Crippen molar-refractivity contribution >= 4 is 23.4 Å². The standard InChI is InChI=1S/C11H14N6OS/c1-3-17-10-9(7(2)15-17)14-11(19)16(10)5-4-8-12-6-13-18-8/h6H,3-5H2,1-2H3,(H,14,19). The van der Waals surface area contributed by atoms with Crippen molar-refractivity contribution in [2.45, 2.75) is 33.4 Å². The second-order valence-corrected chi connectivity index (χ2v) is 4.65. The van der Waals surface area contributed by atoms with Gasteiger partial charge in [0.1, 0.15) is 5.52 Å². The molecule has 0 spiro atoms. The number of hydrogen-bond acceptors (Lipinski definition) is 5. The van der Waals surface area contributed by atoms with Gasteiger partial charge in [0.25, 0.3) is 0 Å². The van der Waals surface area contributed by atoms with E-state index in [0.29, 0.717) is 23.6 Å². The highest BCUT2D eigenvalue weighted by Gasteiger charge is 2.14. The number of hydrogen-bond donors (Lipinski definition) is 1. The molecule has 0 aromatic carbocycles. The summed E-state index contributed by atoms with van der Waals surface area (Å²) in [5.74, 6) is 0.607. The average Bonchev–Trinajstić information content (AvgIpc) is 3.06. The summed E-state index contributed by atoms with van der Waals surface area (Å²) in [6, 6.07) is 0. The molecule has 0 saturated carbocycles. The molecule has 0 fully saturated rings. The molecule has 3 heterocycles. The number of imidazole rings is 1. The smallest absolute Gasteiger partial charge is 0.228 e. The molecule has 3 rings (SSSR count). The van der Waals surface area contributed by atoms with Crippen LogP contribution in [0.3, 0.4) is 0 Å². The van der Waals surface area contributed by atoms with Gasteiger partial charge >= 0.3 is 0 Å². The minimum atomic E-state index is 0.607. The molecule has 0 bridgehead atoms. The topological polar surface area (TPSA) is 77.5 Å². The van der Waals surface area contributed by atoms with Crippen LogP contribution in [0.25, 0.3) is 11.2 Å². The number of aryl methyl sites for hydroxylation is 4. The summed E-state index contributed by atoms with van der Waals surface area (Å²) in [4.78, 5) is 7.22. The van der Waals surface area contributed by atoms with Crippen LogP contribution in [0.2, 0.25) is 0 Å². The zero-order valence-electron chi connectivity index (χ0n) is 10.8. The molecule has 3 aromatic heterocycles. The van der Waals surface area contributed by atoms with Crippen LogP contribution < -0.4 is 0 Å². The molecule has 3 aromatic rings. The number of H-pyrrole nitrogens is 1. The van der Waals surface area contributed by atoms with Crippen molar-refractivity contribution < 1.29 is 4.52 Å². The fourth-order valence-corrected chi connectivity index (χ4v) is 2.48. The van der Waals surface area contributed by atoms with Gasteiger partial charge in [0.05, 0.1) is 5.69 Å². The molecule has 19 heavy (non-hydrogen) atoms. The molecule has 7 nitrogen and oxygen atoms in total. The van der Waals surface area contributed by atoms with Gasteiger partial charge in [0.15, 0.2) is 16.7 Å². The predicted molar refractivity (Wildman–Crippen MR) is 71.3 cm³/mol. The van der Waals surface area contributed by atoms with Crippen molar-refractivity contribution in [3.05, 3.63) is 22.7 Å². The fourth-order valence-electron chi connectivity index (χ4n) is 2.20. The minimum absolute atomic E-state index is 0.607. The molecule has 100 valence electrons. The molecular weight excluding hydrogens is 264 g/mol. The van der Waals surface area contributed by atoms with Crippen LogP contribution >= 0.6 is 12.2 Å². The molecule has 0 aliphatic carbocycles. The van der Waals surface area contributed by atoms with Gasteiger partial charge in [-0.15, -0.1) is 0 Å². The van der Waals surface area contributed by atoms with Gasteiger partial charge in [-0.05, 0) is 26.1 Å². The average molecular weight is 278 g/mol.